The van der Waals surface area contributed by atoms with Crippen LogP contribution in [0.25, 0.3) is 16.8 Å². The number of aromatic nitrogens is 2. The van der Waals surface area contributed by atoms with E-state index in [4.69, 9.17) is 9.97 Å². The maximum atomic E-state index is 4.92. The minimum Gasteiger partial charge on any atom is -0.233 e. The maximum absolute atomic E-state index is 4.92. The van der Waals surface area contributed by atoms with Crippen molar-refractivity contribution in [2.24, 2.45) is 5.92 Å². The van der Waals surface area contributed by atoms with Gasteiger partial charge in [0, 0.05) is 16.5 Å². The third kappa shape index (κ3) is 4.66. The summed E-state index contributed by atoms with van der Waals surface area (Å²) in [5.41, 5.74) is 5.49. The van der Waals surface area contributed by atoms with E-state index < -0.39 is 0 Å². The van der Waals surface area contributed by atoms with Gasteiger partial charge in [0.05, 0.1) is 11.4 Å². The molecular weight excluding hydrogens is 408 g/mol. The summed E-state index contributed by atoms with van der Waals surface area (Å²) in [7, 11) is 0. The average molecular weight is 431 g/mol. The quantitative estimate of drug-likeness (QED) is 0.528. The molecule has 28 heavy (non-hydrogen) atoms. The minimum absolute atomic E-state index is 0.577. The molecule has 0 fully saturated rings. The van der Waals surface area contributed by atoms with Crippen LogP contribution in [0.4, 0.5) is 0 Å². The van der Waals surface area contributed by atoms with Crippen molar-refractivity contribution in [3.05, 3.63) is 101 Å². The summed E-state index contributed by atoms with van der Waals surface area (Å²) in [4.78, 5) is 9.82. The van der Waals surface area contributed by atoms with Crippen LogP contribution in [0.3, 0.4) is 0 Å². The van der Waals surface area contributed by atoms with E-state index in [0.717, 1.165) is 52.1 Å². The predicted molar refractivity (Wildman–Crippen MR) is 121 cm³/mol. The van der Waals surface area contributed by atoms with Gasteiger partial charge in [-0.15, -0.1) is 0 Å². The predicted octanol–water partition coefficient (Wildman–Crippen LogP) is 6.87. The van der Waals surface area contributed by atoms with E-state index in [2.05, 4.69) is 102 Å². The van der Waals surface area contributed by atoms with Crippen molar-refractivity contribution in [3.63, 3.8) is 0 Å². The highest BCUT2D eigenvalue weighted by Gasteiger charge is 2.12. The standard InChI is InChI=1S/C25H23BrN2/c1-18-7-6-8-19(15-18)16-25-27-23(20-9-4-2-3-5-10-20)17-24(28-25)21-11-13-22(26)14-12-21/h2-4,6,8-15,17-18H,5,7,16H2,1H3. The first-order valence-electron chi connectivity index (χ1n) is 9.72. The molecule has 0 saturated heterocycles. The summed E-state index contributed by atoms with van der Waals surface area (Å²) in [6, 6.07) is 10.4. The fraction of sp³-hybridized carbons (Fsp3) is 0.200. The van der Waals surface area contributed by atoms with Crippen LogP contribution < -0.4 is 0 Å². The summed E-state index contributed by atoms with van der Waals surface area (Å²) < 4.78 is 1.07. The van der Waals surface area contributed by atoms with Gasteiger partial charge in [-0.3, -0.25) is 0 Å². The molecule has 0 N–H and O–H groups in total. The largest absolute Gasteiger partial charge is 0.233 e. The van der Waals surface area contributed by atoms with Crippen LogP contribution in [0.5, 0.6) is 0 Å². The van der Waals surface area contributed by atoms with Crippen LogP contribution in [0, 0.1) is 5.92 Å². The average Bonchev–Trinajstić information content (AvgIpc) is 2.98. The van der Waals surface area contributed by atoms with Gasteiger partial charge in [-0.25, -0.2) is 9.97 Å². The molecule has 0 aliphatic heterocycles. The number of rotatable bonds is 4. The van der Waals surface area contributed by atoms with Gasteiger partial charge in [-0.05, 0) is 48.1 Å². The molecule has 0 saturated carbocycles. The highest BCUT2D eigenvalue weighted by molar-refractivity contribution is 9.10. The third-order valence-electron chi connectivity index (χ3n) is 4.91. The molecule has 0 spiro atoms. The topological polar surface area (TPSA) is 25.8 Å². The summed E-state index contributed by atoms with van der Waals surface area (Å²) in [5, 5.41) is 0. The molecule has 2 aromatic rings. The van der Waals surface area contributed by atoms with Gasteiger partial charge in [0.2, 0.25) is 0 Å². The number of allylic oxidation sites excluding steroid dienone is 10. The maximum Gasteiger partial charge on any atom is 0.134 e. The van der Waals surface area contributed by atoms with E-state index in [0.29, 0.717) is 5.92 Å². The zero-order chi connectivity index (χ0) is 19.3. The molecule has 3 heteroatoms. The molecule has 2 nitrogen and oxygen atoms in total. The lowest BCUT2D eigenvalue weighted by atomic mass is 9.96. The van der Waals surface area contributed by atoms with Crippen molar-refractivity contribution in [1.29, 1.82) is 0 Å². The Balaban J connectivity index is 1.75. The van der Waals surface area contributed by atoms with E-state index in [1.165, 1.54) is 5.57 Å². The Morgan fingerprint density at radius 3 is 2.64 bits per heavy atom. The van der Waals surface area contributed by atoms with E-state index in [1.807, 2.05) is 0 Å². The Kier molecular flexibility index (Phi) is 5.82. The molecule has 1 atom stereocenters. The first-order chi connectivity index (χ1) is 13.7. The monoisotopic (exact) mass is 430 g/mol. The summed E-state index contributed by atoms with van der Waals surface area (Å²) >= 11 is 3.52. The molecule has 0 bridgehead atoms. The summed E-state index contributed by atoms with van der Waals surface area (Å²) in [5.74, 6) is 1.44. The molecule has 1 unspecified atom stereocenters. The molecule has 4 rings (SSSR count). The molecule has 0 radical (unpaired) electrons. The first-order valence-corrected chi connectivity index (χ1v) is 10.5. The van der Waals surface area contributed by atoms with Crippen molar-refractivity contribution < 1.29 is 0 Å². The molecule has 0 amide bonds. The highest BCUT2D eigenvalue weighted by Crippen LogP contribution is 2.26. The van der Waals surface area contributed by atoms with Crippen LogP contribution in [0.15, 0.2) is 89.0 Å². The summed E-state index contributed by atoms with van der Waals surface area (Å²) in [6.07, 6.45) is 20.2. The Morgan fingerprint density at radius 1 is 1.00 bits per heavy atom. The molecule has 1 aromatic heterocycles. The number of hydrogen-bond acceptors (Lipinski definition) is 2. The van der Waals surface area contributed by atoms with Gasteiger partial charge in [0.15, 0.2) is 0 Å². The van der Waals surface area contributed by atoms with E-state index >= 15 is 0 Å². The number of halogens is 1. The second-order valence-corrected chi connectivity index (χ2v) is 8.19. The van der Waals surface area contributed by atoms with Crippen molar-refractivity contribution >= 4 is 21.5 Å². The lowest BCUT2D eigenvalue weighted by Crippen LogP contribution is -2.04. The van der Waals surface area contributed by atoms with Crippen molar-refractivity contribution in [1.82, 2.24) is 9.97 Å². The SMILES string of the molecule is CC1C=C(Cc2nc(C3=CCC=CC=C3)cc(-c3ccc(Br)cc3)n2)C=CC1. The Hall–Kier alpha value is -2.52. The van der Waals surface area contributed by atoms with Crippen molar-refractivity contribution in [2.75, 3.05) is 0 Å². The van der Waals surface area contributed by atoms with Crippen LogP contribution in [-0.2, 0) is 6.42 Å². The Bertz CT molecular complexity index is 1010. The number of nitrogens with zero attached hydrogens (tertiary/aromatic N) is 2. The number of benzene rings is 1. The third-order valence-corrected chi connectivity index (χ3v) is 5.43. The van der Waals surface area contributed by atoms with Gasteiger partial charge in [0.1, 0.15) is 5.82 Å². The first kappa shape index (κ1) is 18.8. The van der Waals surface area contributed by atoms with Crippen molar-refractivity contribution in [2.45, 2.75) is 26.2 Å². The molecule has 2 aliphatic carbocycles. The lowest BCUT2D eigenvalue weighted by molar-refractivity contribution is 0.723. The van der Waals surface area contributed by atoms with E-state index in [9.17, 15) is 0 Å². The number of hydrogen-bond donors (Lipinski definition) is 0. The smallest absolute Gasteiger partial charge is 0.134 e. The zero-order valence-electron chi connectivity index (χ0n) is 16.0. The lowest BCUT2D eigenvalue weighted by Gasteiger charge is -2.13. The minimum atomic E-state index is 0.577. The Labute approximate surface area is 175 Å². The van der Waals surface area contributed by atoms with Gasteiger partial charge >= 0.3 is 0 Å². The fourth-order valence-electron chi connectivity index (χ4n) is 3.49. The van der Waals surface area contributed by atoms with E-state index in [1.54, 1.807) is 0 Å². The normalized spacial score (nSPS) is 18.6. The van der Waals surface area contributed by atoms with Crippen LogP contribution in [0.2, 0.25) is 0 Å². The van der Waals surface area contributed by atoms with Crippen LogP contribution >= 0.6 is 15.9 Å². The van der Waals surface area contributed by atoms with Crippen molar-refractivity contribution in [3.8, 4) is 11.3 Å². The molecule has 140 valence electrons. The molecular formula is C25H23BrN2. The van der Waals surface area contributed by atoms with Crippen LogP contribution in [-0.4, -0.2) is 9.97 Å². The van der Waals surface area contributed by atoms with Gasteiger partial charge in [0.25, 0.3) is 0 Å². The van der Waals surface area contributed by atoms with Crippen LogP contribution in [0.1, 0.15) is 31.3 Å². The van der Waals surface area contributed by atoms with Gasteiger partial charge in [-0.1, -0.05) is 83.6 Å². The zero-order valence-corrected chi connectivity index (χ0v) is 17.6. The highest BCUT2D eigenvalue weighted by atomic mass is 79.9. The second-order valence-electron chi connectivity index (χ2n) is 7.28. The Morgan fingerprint density at radius 2 is 1.82 bits per heavy atom. The van der Waals surface area contributed by atoms with E-state index in [-0.39, 0.29) is 0 Å². The van der Waals surface area contributed by atoms with Gasteiger partial charge < -0.3 is 0 Å². The van der Waals surface area contributed by atoms with Gasteiger partial charge in [-0.2, -0.15) is 0 Å². The molecule has 1 heterocycles. The summed E-state index contributed by atoms with van der Waals surface area (Å²) in [6.45, 7) is 2.25. The molecule has 1 aromatic carbocycles. The second kappa shape index (κ2) is 8.66. The fourth-order valence-corrected chi connectivity index (χ4v) is 3.75. The molecule has 2 aliphatic rings.